The minimum Gasteiger partial charge on any atom is -0.394 e. The molecule has 2 aromatic carbocycles. The molecule has 0 saturated carbocycles. The molecule has 3 heterocycles. The summed E-state index contributed by atoms with van der Waals surface area (Å²) in [6.45, 7) is -0.246. The Morgan fingerprint density at radius 3 is 1.94 bits per heavy atom. The molecule has 2 aliphatic heterocycles. The van der Waals surface area contributed by atoms with E-state index in [4.69, 9.17) is 24.7 Å². The highest BCUT2D eigenvalue weighted by molar-refractivity contribution is 5.93. The number of rotatable bonds is 6. The molecule has 0 radical (unpaired) electrons. The number of hydrogen-bond acceptors (Lipinski definition) is 7. The van der Waals surface area contributed by atoms with Crippen molar-refractivity contribution >= 4 is 5.91 Å². The first-order chi connectivity index (χ1) is 16.6. The van der Waals surface area contributed by atoms with Crippen molar-refractivity contribution in [2.24, 2.45) is 5.73 Å². The van der Waals surface area contributed by atoms with Crippen molar-refractivity contribution in [1.82, 2.24) is 4.98 Å². The molecule has 6 atom stereocenters. The number of fused-ring (bicyclic) bond motifs is 1. The Morgan fingerprint density at radius 1 is 0.824 bits per heavy atom. The van der Waals surface area contributed by atoms with E-state index in [0.29, 0.717) is 17.5 Å². The number of carbonyl (C=O) groups is 1. The normalized spacial score (nSPS) is 28.7. The molecule has 34 heavy (non-hydrogen) atoms. The van der Waals surface area contributed by atoms with Gasteiger partial charge in [0.15, 0.2) is 12.6 Å². The van der Waals surface area contributed by atoms with Crippen LogP contribution in [-0.4, -0.2) is 47.0 Å². The fourth-order valence-corrected chi connectivity index (χ4v) is 4.46. The zero-order valence-corrected chi connectivity index (χ0v) is 18.4. The lowest BCUT2D eigenvalue weighted by atomic mass is 9.93. The molecular weight excluding hydrogens is 436 g/mol. The lowest BCUT2D eigenvalue weighted by molar-refractivity contribution is -0.384. The van der Waals surface area contributed by atoms with Crippen LogP contribution in [0.15, 0.2) is 79.1 Å². The number of primary amides is 1. The molecule has 1 aromatic heterocycles. The van der Waals surface area contributed by atoms with E-state index in [0.717, 1.165) is 11.1 Å². The van der Waals surface area contributed by atoms with E-state index in [9.17, 15) is 9.90 Å². The Hall–Kier alpha value is -3.14. The molecule has 3 aromatic rings. The minimum absolute atomic E-state index is 0.246. The van der Waals surface area contributed by atoms with Crippen molar-refractivity contribution in [2.75, 3.05) is 6.61 Å². The predicted molar refractivity (Wildman–Crippen MR) is 121 cm³/mol. The van der Waals surface area contributed by atoms with E-state index in [1.807, 2.05) is 60.7 Å². The van der Waals surface area contributed by atoms with Gasteiger partial charge in [0.05, 0.1) is 18.3 Å². The lowest BCUT2D eigenvalue weighted by Crippen LogP contribution is -2.59. The molecule has 8 nitrogen and oxygen atoms in total. The number of carbonyl (C=O) groups excluding carboxylic acids is 1. The van der Waals surface area contributed by atoms with Crippen LogP contribution in [0.3, 0.4) is 0 Å². The van der Waals surface area contributed by atoms with E-state index in [-0.39, 0.29) is 6.61 Å². The number of ether oxygens (including phenoxy) is 4. The second-order valence-electron chi connectivity index (χ2n) is 8.32. The fraction of sp³-hybridized carbons (Fsp3) is 0.308. The van der Waals surface area contributed by atoms with Gasteiger partial charge in [0.25, 0.3) is 5.91 Å². The molecule has 2 fully saturated rings. The summed E-state index contributed by atoms with van der Waals surface area (Å²) in [4.78, 5) is 16.0. The quantitative estimate of drug-likeness (QED) is 0.579. The maximum atomic E-state index is 12.0. The largest absolute Gasteiger partial charge is 0.394 e. The number of hydrogen-bond donors (Lipinski definition) is 2. The predicted octanol–water partition coefficient (Wildman–Crippen LogP) is 2.68. The summed E-state index contributed by atoms with van der Waals surface area (Å²) < 4.78 is 25.1. The first-order valence-electron chi connectivity index (χ1n) is 11.2. The molecule has 5 rings (SSSR count). The minimum atomic E-state index is -0.698. The van der Waals surface area contributed by atoms with Crippen LogP contribution in [0.4, 0.5) is 0 Å². The van der Waals surface area contributed by atoms with Crippen molar-refractivity contribution in [2.45, 2.75) is 43.4 Å². The van der Waals surface area contributed by atoms with Crippen molar-refractivity contribution in [3.8, 4) is 0 Å². The zero-order chi connectivity index (χ0) is 23.5. The zero-order valence-electron chi connectivity index (χ0n) is 18.4. The van der Waals surface area contributed by atoms with E-state index in [1.165, 1.54) is 6.20 Å². The summed E-state index contributed by atoms with van der Waals surface area (Å²) in [5.41, 5.74) is 8.27. The Balaban J connectivity index is 1.50. The van der Waals surface area contributed by atoms with Crippen LogP contribution in [0.2, 0.25) is 0 Å². The molecule has 6 unspecified atom stereocenters. The molecular formula is C26H26N2O6. The van der Waals surface area contributed by atoms with Gasteiger partial charge in [0.1, 0.15) is 18.3 Å². The van der Waals surface area contributed by atoms with Gasteiger partial charge >= 0.3 is 0 Å². The summed E-state index contributed by atoms with van der Waals surface area (Å²) in [5.74, 6) is -0.561. The Labute approximate surface area is 197 Å². The second kappa shape index (κ2) is 10.0. The summed E-state index contributed by atoms with van der Waals surface area (Å²) in [6, 6.07) is 20.8. The van der Waals surface area contributed by atoms with Gasteiger partial charge in [0, 0.05) is 29.9 Å². The molecule has 176 valence electrons. The molecule has 8 heteroatoms. The Morgan fingerprint density at radius 2 is 1.38 bits per heavy atom. The van der Waals surface area contributed by atoms with Gasteiger partial charge in [-0.15, -0.1) is 0 Å². The van der Waals surface area contributed by atoms with Gasteiger partial charge in [-0.25, -0.2) is 0 Å². The van der Waals surface area contributed by atoms with E-state index in [1.54, 1.807) is 12.3 Å². The third-order valence-electron chi connectivity index (χ3n) is 6.14. The maximum absolute atomic E-state index is 12.0. The maximum Gasteiger partial charge on any atom is 0.250 e. The van der Waals surface area contributed by atoms with E-state index in [2.05, 4.69) is 4.98 Å². The summed E-state index contributed by atoms with van der Waals surface area (Å²) >= 11 is 0. The third kappa shape index (κ3) is 4.59. The van der Waals surface area contributed by atoms with Crippen molar-refractivity contribution in [3.05, 3.63) is 101 Å². The van der Waals surface area contributed by atoms with Gasteiger partial charge in [0.2, 0.25) is 0 Å². The summed E-state index contributed by atoms with van der Waals surface area (Å²) in [7, 11) is 0. The standard InChI is InChI=1S/C26H26N2O6/c27-24(30)19-14-28-12-11-18(19)13-20-22-23(34-25(31-20)16-7-3-1-4-8-16)21(15-29)32-26(33-22)17-9-5-2-6-10-17/h1-12,14,20-23,25-26,29H,13,15H2,(H2,27,30). The van der Waals surface area contributed by atoms with Crippen molar-refractivity contribution in [3.63, 3.8) is 0 Å². The van der Waals surface area contributed by atoms with Crippen LogP contribution in [0.25, 0.3) is 0 Å². The Kier molecular flexibility index (Phi) is 6.66. The van der Waals surface area contributed by atoms with Crippen LogP contribution in [0.5, 0.6) is 0 Å². The number of aliphatic hydroxyl groups excluding tert-OH is 1. The average Bonchev–Trinajstić information content (AvgIpc) is 2.89. The number of nitrogens with two attached hydrogens (primary N) is 1. The third-order valence-corrected chi connectivity index (χ3v) is 6.14. The monoisotopic (exact) mass is 462 g/mol. The molecule has 0 aliphatic carbocycles. The summed E-state index contributed by atoms with van der Waals surface area (Å²) in [5, 5.41) is 10.2. The van der Waals surface area contributed by atoms with Crippen LogP contribution >= 0.6 is 0 Å². The van der Waals surface area contributed by atoms with Crippen LogP contribution < -0.4 is 5.73 Å². The molecule has 0 bridgehead atoms. The van der Waals surface area contributed by atoms with Crippen molar-refractivity contribution in [1.29, 1.82) is 0 Å². The van der Waals surface area contributed by atoms with Gasteiger partial charge < -0.3 is 29.8 Å². The van der Waals surface area contributed by atoms with Gasteiger partial charge in [-0.1, -0.05) is 60.7 Å². The van der Waals surface area contributed by atoms with Crippen LogP contribution in [0.1, 0.15) is 39.6 Å². The first kappa shape index (κ1) is 22.6. The van der Waals surface area contributed by atoms with Gasteiger partial charge in [-0.05, 0) is 11.6 Å². The number of aliphatic hydroxyl groups is 1. The van der Waals surface area contributed by atoms with Crippen LogP contribution in [0, 0.1) is 0 Å². The number of pyridine rings is 1. The fourth-order valence-electron chi connectivity index (χ4n) is 4.46. The Bertz CT molecular complexity index is 1110. The highest BCUT2D eigenvalue weighted by Crippen LogP contribution is 2.41. The number of amides is 1. The van der Waals surface area contributed by atoms with Gasteiger partial charge in [-0.2, -0.15) is 0 Å². The molecule has 2 aliphatic rings. The number of aromatic nitrogens is 1. The lowest BCUT2D eigenvalue weighted by Gasteiger charge is -2.49. The molecule has 2 saturated heterocycles. The molecule has 3 N–H and O–H groups in total. The molecule has 0 spiro atoms. The second-order valence-corrected chi connectivity index (χ2v) is 8.32. The summed E-state index contributed by atoms with van der Waals surface area (Å²) in [6.07, 6.45) is -0.273. The van der Waals surface area contributed by atoms with E-state index >= 15 is 0 Å². The molecule has 1 amide bonds. The average molecular weight is 463 g/mol. The number of nitrogens with zero attached hydrogens (tertiary/aromatic N) is 1. The smallest absolute Gasteiger partial charge is 0.250 e. The SMILES string of the molecule is NC(=O)c1cnccc1CC1OC(c2ccccc2)OC2C(CO)OC(c3ccccc3)OC12. The highest BCUT2D eigenvalue weighted by atomic mass is 16.8. The van der Waals surface area contributed by atoms with Crippen LogP contribution in [-0.2, 0) is 25.4 Å². The van der Waals surface area contributed by atoms with E-state index < -0.39 is 42.9 Å². The topological polar surface area (TPSA) is 113 Å². The van der Waals surface area contributed by atoms with Gasteiger partial charge in [-0.3, -0.25) is 9.78 Å². The number of benzene rings is 2. The van der Waals surface area contributed by atoms with Crippen molar-refractivity contribution < 1.29 is 28.8 Å². The highest BCUT2D eigenvalue weighted by Gasteiger charge is 2.50. The first-order valence-corrected chi connectivity index (χ1v) is 11.2.